The second kappa shape index (κ2) is 8.90. The van der Waals surface area contributed by atoms with Gasteiger partial charge in [-0.3, -0.25) is 9.59 Å². The fraction of sp³-hybridized carbons (Fsp3) is 0.667. The van der Waals surface area contributed by atoms with Crippen LogP contribution in [0.1, 0.15) is 76.2 Å². The van der Waals surface area contributed by atoms with E-state index in [-0.39, 0.29) is 29.1 Å². The van der Waals surface area contributed by atoms with Gasteiger partial charge in [0.25, 0.3) is 5.56 Å². The minimum absolute atomic E-state index is 0.0104. The minimum Gasteiger partial charge on any atom is -0.507 e. The van der Waals surface area contributed by atoms with Crippen molar-refractivity contribution in [3.05, 3.63) is 28.2 Å². The molecule has 7 nitrogen and oxygen atoms in total. The number of hydrogen-bond donors (Lipinski definition) is 1. The quantitative estimate of drug-likeness (QED) is 0.589. The molecule has 0 radical (unpaired) electrons. The summed E-state index contributed by atoms with van der Waals surface area (Å²) in [5.74, 6) is -1.03. The van der Waals surface area contributed by atoms with E-state index in [9.17, 15) is 19.5 Å². The fourth-order valence-corrected chi connectivity index (χ4v) is 3.67. The summed E-state index contributed by atoms with van der Waals surface area (Å²) in [7, 11) is 1.70. The highest BCUT2D eigenvalue weighted by atomic mass is 16.6. The molecule has 1 unspecified atom stereocenters. The van der Waals surface area contributed by atoms with Crippen LogP contribution in [-0.4, -0.2) is 40.2 Å². The van der Waals surface area contributed by atoms with Crippen molar-refractivity contribution in [2.45, 2.75) is 77.5 Å². The second-order valence-electron chi connectivity index (χ2n) is 8.54. The summed E-state index contributed by atoms with van der Waals surface area (Å²) in [6, 6.07) is 0.130. The number of aromatic nitrogens is 1. The number of esters is 1. The van der Waals surface area contributed by atoms with Crippen molar-refractivity contribution in [1.29, 1.82) is 0 Å². The summed E-state index contributed by atoms with van der Waals surface area (Å²) in [4.78, 5) is 37.3. The fourth-order valence-electron chi connectivity index (χ4n) is 3.67. The standard InChI is InChI=1S/C21H31NO6/c1-13(23)16-12-22(19(25)11-18(16)24)17(20(26)28-21(2,3)4)10-14-6-8-15(27-5)9-7-14/h11-12,14-15,17,24H,6-10H2,1-5H3/t14-,15-,17?. The molecule has 0 saturated heterocycles. The van der Waals surface area contributed by atoms with Crippen LogP contribution in [0.3, 0.4) is 0 Å². The molecule has 1 aliphatic rings. The van der Waals surface area contributed by atoms with Gasteiger partial charge in [0, 0.05) is 19.4 Å². The number of rotatable bonds is 6. The van der Waals surface area contributed by atoms with E-state index >= 15 is 0 Å². The molecule has 1 fully saturated rings. The number of carbonyl (C=O) groups is 2. The van der Waals surface area contributed by atoms with Crippen LogP contribution in [-0.2, 0) is 14.3 Å². The largest absolute Gasteiger partial charge is 0.507 e. The maximum atomic E-state index is 12.9. The topological polar surface area (TPSA) is 94.8 Å². The molecule has 1 heterocycles. The van der Waals surface area contributed by atoms with Gasteiger partial charge in [-0.25, -0.2) is 4.79 Å². The van der Waals surface area contributed by atoms with Crippen LogP contribution in [0.2, 0.25) is 0 Å². The Labute approximate surface area is 165 Å². The van der Waals surface area contributed by atoms with Crippen molar-refractivity contribution in [3.63, 3.8) is 0 Å². The van der Waals surface area contributed by atoms with Gasteiger partial charge in [0.1, 0.15) is 17.4 Å². The monoisotopic (exact) mass is 393 g/mol. The van der Waals surface area contributed by atoms with Crippen LogP contribution in [0.25, 0.3) is 0 Å². The lowest BCUT2D eigenvalue weighted by Gasteiger charge is -2.31. The molecule has 28 heavy (non-hydrogen) atoms. The van der Waals surface area contributed by atoms with Gasteiger partial charge < -0.3 is 19.1 Å². The van der Waals surface area contributed by atoms with E-state index in [0.29, 0.717) is 6.42 Å². The SMILES string of the molecule is CO[C@H]1CC[C@H](CC(C(=O)OC(C)(C)C)n2cc(C(C)=O)c(O)cc2=O)CC1. The number of nitrogens with zero attached hydrogens (tertiary/aromatic N) is 1. The third-order valence-electron chi connectivity index (χ3n) is 5.14. The number of ether oxygens (including phenoxy) is 2. The number of pyridine rings is 1. The second-order valence-corrected chi connectivity index (χ2v) is 8.54. The number of Topliss-reactive ketones (excluding diaryl/α,β-unsaturated/α-hetero) is 1. The molecule has 156 valence electrons. The smallest absolute Gasteiger partial charge is 0.329 e. The van der Waals surface area contributed by atoms with Gasteiger partial charge >= 0.3 is 5.97 Å². The summed E-state index contributed by atoms with van der Waals surface area (Å²) >= 11 is 0. The number of ketones is 1. The Balaban J connectivity index is 2.36. The highest BCUT2D eigenvalue weighted by Crippen LogP contribution is 2.33. The molecule has 1 aromatic rings. The highest BCUT2D eigenvalue weighted by Gasteiger charge is 2.32. The lowest BCUT2D eigenvalue weighted by Crippen LogP contribution is -2.36. The molecular formula is C21H31NO6. The summed E-state index contributed by atoms with van der Waals surface area (Å²) in [5, 5.41) is 9.91. The van der Waals surface area contributed by atoms with E-state index < -0.39 is 23.2 Å². The Morgan fingerprint density at radius 2 is 1.86 bits per heavy atom. The number of hydrogen-bond acceptors (Lipinski definition) is 6. The molecule has 1 N–H and O–H groups in total. The zero-order valence-electron chi connectivity index (χ0n) is 17.4. The van der Waals surface area contributed by atoms with Crippen LogP contribution in [0.15, 0.2) is 17.1 Å². The lowest BCUT2D eigenvalue weighted by molar-refractivity contribution is -0.160. The summed E-state index contributed by atoms with van der Waals surface area (Å²) in [5.41, 5.74) is -1.23. The molecular weight excluding hydrogens is 362 g/mol. The average Bonchev–Trinajstić information content (AvgIpc) is 2.59. The van der Waals surface area contributed by atoms with Crippen LogP contribution >= 0.6 is 0 Å². The van der Waals surface area contributed by atoms with Crippen LogP contribution in [0.5, 0.6) is 5.75 Å². The predicted molar refractivity (Wildman–Crippen MR) is 105 cm³/mol. The summed E-state index contributed by atoms with van der Waals surface area (Å²) < 4.78 is 12.2. The van der Waals surface area contributed by atoms with Crippen molar-refractivity contribution in [2.75, 3.05) is 7.11 Å². The van der Waals surface area contributed by atoms with E-state index in [1.165, 1.54) is 17.7 Å². The van der Waals surface area contributed by atoms with Crippen LogP contribution < -0.4 is 5.56 Å². The van der Waals surface area contributed by atoms with E-state index in [4.69, 9.17) is 9.47 Å². The molecule has 0 aliphatic heterocycles. The van der Waals surface area contributed by atoms with Gasteiger partial charge in [-0.2, -0.15) is 0 Å². The predicted octanol–water partition coefficient (Wildman–Crippen LogP) is 3.23. The first-order chi connectivity index (χ1) is 13.0. The average molecular weight is 393 g/mol. The van der Waals surface area contributed by atoms with Crippen molar-refractivity contribution in [1.82, 2.24) is 4.57 Å². The molecule has 0 spiro atoms. The molecule has 2 rings (SSSR count). The zero-order valence-corrected chi connectivity index (χ0v) is 17.4. The first-order valence-electron chi connectivity index (χ1n) is 9.73. The number of methoxy groups -OCH3 is 1. The van der Waals surface area contributed by atoms with Gasteiger partial charge in [0.15, 0.2) is 5.78 Å². The van der Waals surface area contributed by atoms with Crippen LogP contribution in [0.4, 0.5) is 0 Å². The van der Waals surface area contributed by atoms with Crippen molar-refractivity contribution < 1.29 is 24.2 Å². The normalized spacial score (nSPS) is 21.2. The maximum Gasteiger partial charge on any atom is 0.329 e. The molecule has 0 bridgehead atoms. The Morgan fingerprint density at radius 1 is 1.25 bits per heavy atom. The molecule has 1 atom stereocenters. The number of carbonyl (C=O) groups excluding carboxylic acids is 2. The van der Waals surface area contributed by atoms with E-state index in [2.05, 4.69) is 0 Å². The zero-order chi connectivity index (χ0) is 21.1. The van der Waals surface area contributed by atoms with Crippen molar-refractivity contribution in [3.8, 4) is 5.75 Å². The molecule has 1 aromatic heterocycles. The van der Waals surface area contributed by atoms with Gasteiger partial charge in [-0.15, -0.1) is 0 Å². The molecule has 0 aromatic carbocycles. The lowest BCUT2D eigenvalue weighted by atomic mass is 9.83. The van der Waals surface area contributed by atoms with Gasteiger partial charge in [0.2, 0.25) is 0 Å². The molecule has 1 aliphatic carbocycles. The van der Waals surface area contributed by atoms with Crippen molar-refractivity contribution in [2.24, 2.45) is 5.92 Å². The Kier molecular flexibility index (Phi) is 7.04. The Bertz CT molecular complexity index is 768. The van der Waals surface area contributed by atoms with Gasteiger partial charge in [0.05, 0.1) is 11.7 Å². The van der Waals surface area contributed by atoms with Crippen LogP contribution in [0, 0.1) is 5.92 Å². The Hall–Kier alpha value is -2.15. The summed E-state index contributed by atoms with van der Waals surface area (Å²) in [6.07, 6.45) is 5.55. The van der Waals surface area contributed by atoms with E-state index in [1.807, 2.05) is 0 Å². The molecule has 1 saturated carbocycles. The van der Waals surface area contributed by atoms with Gasteiger partial charge in [-0.05, 0) is 65.7 Å². The van der Waals surface area contributed by atoms with Gasteiger partial charge in [-0.1, -0.05) is 0 Å². The summed E-state index contributed by atoms with van der Waals surface area (Å²) in [6.45, 7) is 6.61. The number of aromatic hydroxyl groups is 1. The molecule has 7 heteroatoms. The maximum absolute atomic E-state index is 12.9. The third-order valence-corrected chi connectivity index (χ3v) is 5.14. The highest BCUT2D eigenvalue weighted by molar-refractivity contribution is 5.96. The first-order valence-corrected chi connectivity index (χ1v) is 9.73. The van der Waals surface area contributed by atoms with E-state index in [0.717, 1.165) is 31.7 Å². The molecule has 0 amide bonds. The first kappa shape index (κ1) is 22.1. The van der Waals surface area contributed by atoms with Crippen molar-refractivity contribution >= 4 is 11.8 Å². The minimum atomic E-state index is -0.852. The third kappa shape index (κ3) is 5.67. The Morgan fingerprint density at radius 3 is 2.36 bits per heavy atom. The van der Waals surface area contributed by atoms with E-state index in [1.54, 1.807) is 27.9 Å².